The van der Waals surface area contributed by atoms with E-state index in [1.165, 1.54) is 6.20 Å². The zero-order valence-corrected chi connectivity index (χ0v) is 13.5. The van der Waals surface area contributed by atoms with Crippen molar-refractivity contribution in [1.82, 2.24) is 15.5 Å². The van der Waals surface area contributed by atoms with E-state index in [0.29, 0.717) is 28.7 Å². The predicted molar refractivity (Wildman–Crippen MR) is 89.3 cm³/mol. The molecule has 4 N–H and O–H groups in total. The Labute approximate surface area is 140 Å². The van der Waals surface area contributed by atoms with Gasteiger partial charge in [-0.1, -0.05) is 23.7 Å². The lowest BCUT2D eigenvalue weighted by atomic mass is 10.1. The number of H-pyrrole nitrogens is 1. The van der Waals surface area contributed by atoms with E-state index in [4.69, 9.17) is 17.3 Å². The fourth-order valence-electron chi connectivity index (χ4n) is 2.32. The molecule has 5 nitrogen and oxygen atoms in total. The third kappa shape index (κ3) is 3.80. The maximum atomic E-state index is 12.3. The Kier molecular flexibility index (Phi) is 5.45. The molecule has 1 aromatic heterocycles. The van der Waals surface area contributed by atoms with E-state index >= 15 is 0 Å². The first-order valence-corrected chi connectivity index (χ1v) is 7.36. The van der Waals surface area contributed by atoms with Crippen LogP contribution < -0.4 is 11.1 Å². The number of aromatic amines is 1. The number of rotatable bonds is 5. The Bertz CT molecular complexity index is 654. The number of nitrogens with one attached hydrogen (secondary N) is 2. The molecule has 0 saturated heterocycles. The summed E-state index contributed by atoms with van der Waals surface area (Å²) in [6.07, 6.45) is 3.85. The van der Waals surface area contributed by atoms with Gasteiger partial charge in [-0.3, -0.25) is 9.89 Å². The van der Waals surface area contributed by atoms with Crippen LogP contribution in [0.4, 0.5) is 0 Å². The Morgan fingerprint density at radius 2 is 2.27 bits per heavy atom. The molecular weight excluding hydrogens is 323 g/mol. The molecule has 118 valence electrons. The molecule has 22 heavy (non-hydrogen) atoms. The number of hydrogen-bond acceptors (Lipinski definition) is 3. The molecule has 1 aromatic carbocycles. The first-order valence-electron chi connectivity index (χ1n) is 6.98. The van der Waals surface area contributed by atoms with E-state index in [2.05, 4.69) is 15.5 Å². The third-order valence-electron chi connectivity index (χ3n) is 3.72. The molecular formula is C15H18Cl2N4O. The molecule has 7 heteroatoms. The lowest BCUT2D eigenvalue weighted by Gasteiger charge is -2.11. The maximum absolute atomic E-state index is 12.3. The predicted octanol–water partition coefficient (Wildman–Crippen LogP) is 2.62. The highest BCUT2D eigenvalue weighted by atomic mass is 35.5. The van der Waals surface area contributed by atoms with Crippen LogP contribution in [-0.2, 0) is 0 Å². The second kappa shape index (κ2) is 7.13. The number of nitrogens with two attached hydrogens (primary N) is 1. The van der Waals surface area contributed by atoms with Gasteiger partial charge in [-0.15, -0.1) is 12.4 Å². The van der Waals surface area contributed by atoms with Crippen LogP contribution in [0.5, 0.6) is 0 Å². The Morgan fingerprint density at radius 3 is 2.95 bits per heavy atom. The summed E-state index contributed by atoms with van der Waals surface area (Å²) in [4.78, 5) is 12.3. The fraction of sp³-hybridized carbons (Fsp3) is 0.333. The van der Waals surface area contributed by atoms with Crippen LogP contribution in [0.15, 0.2) is 30.5 Å². The number of carbonyl (C=O) groups is 1. The number of hydrogen-bond donors (Lipinski definition) is 3. The van der Waals surface area contributed by atoms with E-state index in [9.17, 15) is 4.79 Å². The van der Waals surface area contributed by atoms with Crippen LogP contribution in [-0.4, -0.2) is 28.7 Å². The van der Waals surface area contributed by atoms with Crippen molar-refractivity contribution in [2.24, 2.45) is 11.7 Å². The van der Waals surface area contributed by atoms with Crippen molar-refractivity contribution in [3.63, 3.8) is 0 Å². The van der Waals surface area contributed by atoms with Crippen molar-refractivity contribution in [2.45, 2.75) is 18.9 Å². The first-order chi connectivity index (χ1) is 10.1. The van der Waals surface area contributed by atoms with E-state index in [-0.39, 0.29) is 24.4 Å². The highest BCUT2D eigenvalue weighted by Crippen LogP contribution is 2.31. The van der Waals surface area contributed by atoms with E-state index in [0.717, 1.165) is 18.4 Å². The van der Waals surface area contributed by atoms with Crippen molar-refractivity contribution in [3.8, 4) is 11.3 Å². The normalized spacial score (nSPS) is 15.0. The average molecular weight is 341 g/mol. The molecule has 1 saturated carbocycles. The number of amides is 1. The average Bonchev–Trinajstić information content (AvgIpc) is 3.21. The summed E-state index contributed by atoms with van der Waals surface area (Å²) in [6, 6.07) is 7.34. The Hall–Kier alpha value is -1.56. The molecule has 1 heterocycles. The second-order valence-corrected chi connectivity index (χ2v) is 5.82. The number of benzene rings is 1. The highest BCUT2D eigenvalue weighted by Gasteiger charge is 2.28. The van der Waals surface area contributed by atoms with Gasteiger partial charge < -0.3 is 11.1 Å². The lowest BCUT2D eigenvalue weighted by Crippen LogP contribution is -2.38. The van der Waals surface area contributed by atoms with Gasteiger partial charge in [0.25, 0.3) is 5.91 Å². The zero-order valence-electron chi connectivity index (χ0n) is 11.9. The Morgan fingerprint density at radius 1 is 1.50 bits per heavy atom. The molecule has 1 unspecified atom stereocenters. The van der Waals surface area contributed by atoms with Gasteiger partial charge in [0.1, 0.15) is 0 Å². The zero-order chi connectivity index (χ0) is 14.8. The quantitative estimate of drug-likeness (QED) is 0.782. The molecule has 0 spiro atoms. The number of carbonyl (C=O) groups excluding carboxylic acids is 1. The van der Waals surface area contributed by atoms with Crippen LogP contribution in [0.25, 0.3) is 11.3 Å². The topological polar surface area (TPSA) is 83.8 Å². The lowest BCUT2D eigenvalue weighted by molar-refractivity contribution is 0.0951. The summed E-state index contributed by atoms with van der Waals surface area (Å²) in [7, 11) is 0. The van der Waals surface area contributed by atoms with Gasteiger partial charge in [0, 0.05) is 23.2 Å². The monoisotopic (exact) mass is 340 g/mol. The van der Waals surface area contributed by atoms with Crippen molar-refractivity contribution < 1.29 is 4.79 Å². The molecule has 1 aliphatic rings. The van der Waals surface area contributed by atoms with E-state index in [1.807, 2.05) is 12.1 Å². The number of aromatic nitrogens is 2. The minimum Gasteiger partial charge on any atom is -0.350 e. The van der Waals surface area contributed by atoms with Gasteiger partial charge >= 0.3 is 0 Å². The smallest absolute Gasteiger partial charge is 0.255 e. The minimum absolute atomic E-state index is 0. The van der Waals surface area contributed by atoms with Crippen LogP contribution in [0, 0.1) is 5.92 Å². The van der Waals surface area contributed by atoms with Gasteiger partial charge in [-0.05, 0) is 30.9 Å². The van der Waals surface area contributed by atoms with Gasteiger partial charge in [0.15, 0.2) is 0 Å². The maximum Gasteiger partial charge on any atom is 0.255 e. The van der Waals surface area contributed by atoms with Crippen molar-refractivity contribution in [2.75, 3.05) is 6.54 Å². The molecule has 0 bridgehead atoms. The van der Waals surface area contributed by atoms with Gasteiger partial charge in [0.2, 0.25) is 0 Å². The highest BCUT2D eigenvalue weighted by molar-refractivity contribution is 6.30. The number of halogens is 2. The molecule has 2 aromatic rings. The molecule has 3 rings (SSSR count). The van der Waals surface area contributed by atoms with Crippen LogP contribution in [0.2, 0.25) is 5.02 Å². The van der Waals surface area contributed by atoms with Crippen LogP contribution in [0.1, 0.15) is 23.2 Å². The van der Waals surface area contributed by atoms with E-state index < -0.39 is 0 Å². The summed E-state index contributed by atoms with van der Waals surface area (Å²) < 4.78 is 0. The van der Waals surface area contributed by atoms with Crippen molar-refractivity contribution >= 4 is 29.9 Å². The van der Waals surface area contributed by atoms with Gasteiger partial charge in [0.05, 0.1) is 17.5 Å². The number of nitrogens with zero attached hydrogens (tertiary/aromatic N) is 1. The summed E-state index contributed by atoms with van der Waals surface area (Å²) in [5, 5.41) is 10.3. The standard InChI is InChI=1S/C15H17ClN4O.ClH/c16-11-3-1-2-10(6-11)14-12(7-19-20-14)15(21)18-8-13(17)9-4-5-9;/h1-3,6-7,9,13H,4-5,8,17H2,(H,18,21)(H,19,20);1H. The molecule has 0 radical (unpaired) electrons. The van der Waals surface area contributed by atoms with Gasteiger partial charge in [-0.2, -0.15) is 5.10 Å². The molecule has 1 aliphatic carbocycles. The van der Waals surface area contributed by atoms with E-state index in [1.54, 1.807) is 12.1 Å². The summed E-state index contributed by atoms with van der Waals surface area (Å²) >= 11 is 5.99. The summed E-state index contributed by atoms with van der Waals surface area (Å²) in [5.41, 5.74) is 7.99. The third-order valence-corrected chi connectivity index (χ3v) is 3.96. The van der Waals surface area contributed by atoms with Crippen LogP contribution in [0.3, 0.4) is 0 Å². The fourth-order valence-corrected chi connectivity index (χ4v) is 2.51. The molecule has 1 fully saturated rings. The summed E-state index contributed by atoms with van der Waals surface area (Å²) in [6.45, 7) is 0.490. The second-order valence-electron chi connectivity index (χ2n) is 5.38. The van der Waals surface area contributed by atoms with Gasteiger partial charge in [-0.25, -0.2) is 0 Å². The molecule has 0 aliphatic heterocycles. The largest absolute Gasteiger partial charge is 0.350 e. The molecule has 1 atom stereocenters. The van der Waals surface area contributed by atoms with Crippen LogP contribution >= 0.6 is 24.0 Å². The summed E-state index contributed by atoms with van der Waals surface area (Å²) in [5.74, 6) is 0.386. The SMILES string of the molecule is Cl.NC(CNC(=O)c1cn[nH]c1-c1cccc(Cl)c1)C1CC1. The Balaban J connectivity index is 0.00000176. The van der Waals surface area contributed by atoms with Crippen molar-refractivity contribution in [1.29, 1.82) is 0 Å². The van der Waals surface area contributed by atoms with Crippen molar-refractivity contribution in [3.05, 3.63) is 41.0 Å². The molecule has 1 amide bonds. The first kappa shape index (κ1) is 16.8. The minimum atomic E-state index is -0.171.